The Hall–Kier alpha value is -3.84. The van der Waals surface area contributed by atoms with Crippen LogP contribution in [-0.4, -0.2) is 28.8 Å². The predicted octanol–water partition coefficient (Wildman–Crippen LogP) is 6.75. The Bertz CT molecular complexity index is 1430. The molecule has 0 fully saturated rings. The van der Waals surface area contributed by atoms with Gasteiger partial charge in [-0.2, -0.15) is 0 Å². The highest BCUT2D eigenvalue weighted by Crippen LogP contribution is 2.31. The Kier molecular flexibility index (Phi) is 7.94. The Labute approximate surface area is 226 Å². The van der Waals surface area contributed by atoms with Crippen molar-refractivity contribution in [2.24, 2.45) is 0 Å². The zero-order chi connectivity index (χ0) is 26.5. The first kappa shape index (κ1) is 25.8. The molecule has 2 atom stereocenters. The van der Waals surface area contributed by atoms with Crippen molar-refractivity contribution in [3.63, 3.8) is 0 Å². The third-order valence-electron chi connectivity index (χ3n) is 6.69. The van der Waals surface area contributed by atoms with Crippen LogP contribution in [0.25, 0.3) is 0 Å². The summed E-state index contributed by atoms with van der Waals surface area (Å²) in [6.45, 7) is 0.440. The van der Waals surface area contributed by atoms with E-state index in [1.165, 1.54) is 17.2 Å². The van der Waals surface area contributed by atoms with Crippen LogP contribution in [0.1, 0.15) is 39.6 Å². The molecule has 0 spiro atoms. The first-order chi connectivity index (χ1) is 18.4. The number of halogens is 1. The lowest BCUT2D eigenvalue weighted by Crippen LogP contribution is -2.37. The molecule has 0 radical (unpaired) electrons. The van der Waals surface area contributed by atoms with Gasteiger partial charge in [-0.05, 0) is 84.5 Å². The molecule has 38 heavy (non-hydrogen) atoms. The third kappa shape index (κ3) is 6.53. The van der Waals surface area contributed by atoms with E-state index in [4.69, 9.17) is 16.3 Å². The fraction of sp³-hybridized carbons (Fsp3) is 0.194. The Balaban J connectivity index is 1.27. The first-order valence-electron chi connectivity index (χ1n) is 12.6. The summed E-state index contributed by atoms with van der Waals surface area (Å²) in [5, 5.41) is 27.5. The smallest absolute Gasteiger partial charge is 0.335 e. The lowest BCUT2D eigenvalue weighted by Gasteiger charge is -2.27. The van der Waals surface area contributed by atoms with Crippen LogP contribution in [0.2, 0.25) is 5.02 Å². The molecule has 4 aromatic carbocycles. The first-order valence-corrected chi connectivity index (χ1v) is 13.0. The van der Waals surface area contributed by atoms with E-state index in [9.17, 15) is 15.0 Å². The second-order valence-corrected chi connectivity index (χ2v) is 9.93. The molecule has 4 aromatic rings. The van der Waals surface area contributed by atoms with Crippen molar-refractivity contribution in [1.29, 1.82) is 0 Å². The van der Waals surface area contributed by atoms with E-state index in [1.807, 2.05) is 54.6 Å². The standard InChI is InChI=1S/C31H29ClN2O4/c32-24-6-4-5-21(13-24)30(35)19-33-26-11-9-20-10-12-28(16-22(20)14-26)38-29-17-23(31(36)37)15-27(18-29)34-25-7-2-1-3-8-25/h1-8,10,12-13,15-18,26,30,33-35H,9,11,14,19H2,(H,36,37)/t26-,30+/m0/s1. The van der Waals surface area contributed by atoms with Gasteiger partial charge < -0.3 is 25.6 Å². The summed E-state index contributed by atoms with van der Waals surface area (Å²) in [7, 11) is 0. The number of fused-ring (bicyclic) bond motifs is 1. The van der Waals surface area contributed by atoms with Crippen LogP contribution in [0, 0.1) is 0 Å². The summed E-state index contributed by atoms with van der Waals surface area (Å²) in [4.78, 5) is 11.7. The molecule has 0 unspecified atom stereocenters. The number of aromatic carboxylic acids is 1. The van der Waals surface area contributed by atoms with Gasteiger partial charge in [0.15, 0.2) is 0 Å². The number of ether oxygens (including phenoxy) is 1. The van der Waals surface area contributed by atoms with Gasteiger partial charge in [0.1, 0.15) is 11.5 Å². The number of aliphatic hydroxyl groups is 1. The molecule has 1 aliphatic rings. The number of anilines is 2. The number of hydrogen-bond acceptors (Lipinski definition) is 5. The highest BCUT2D eigenvalue weighted by Gasteiger charge is 2.20. The molecule has 0 saturated heterocycles. The quantitative estimate of drug-likeness (QED) is 0.192. The van der Waals surface area contributed by atoms with Crippen LogP contribution in [0.15, 0.2) is 91.0 Å². The van der Waals surface area contributed by atoms with Gasteiger partial charge in [-0.25, -0.2) is 4.79 Å². The number of hydrogen-bond donors (Lipinski definition) is 4. The molecule has 5 rings (SSSR count). The van der Waals surface area contributed by atoms with Crippen molar-refractivity contribution >= 4 is 28.9 Å². The van der Waals surface area contributed by atoms with E-state index in [0.717, 1.165) is 30.5 Å². The maximum atomic E-state index is 11.7. The minimum absolute atomic E-state index is 0.140. The molecular weight excluding hydrogens is 500 g/mol. The van der Waals surface area contributed by atoms with E-state index in [2.05, 4.69) is 16.7 Å². The van der Waals surface area contributed by atoms with Crippen LogP contribution in [0.3, 0.4) is 0 Å². The van der Waals surface area contributed by atoms with E-state index < -0.39 is 12.1 Å². The lowest BCUT2D eigenvalue weighted by molar-refractivity contribution is 0.0696. The SMILES string of the molecule is O=C(O)c1cc(Nc2ccccc2)cc(Oc2ccc3c(c2)C[C@@H](NC[C@@H](O)c2cccc(Cl)c2)CC3)c1. The van der Waals surface area contributed by atoms with Crippen LogP contribution < -0.4 is 15.4 Å². The minimum Gasteiger partial charge on any atom is -0.478 e. The van der Waals surface area contributed by atoms with Crippen molar-refractivity contribution in [2.45, 2.75) is 31.4 Å². The molecule has 4 N–H and O–H groups in total. The molecule has 0 aromatic heterocycles. The molecule has 0 amide bonds. The van der Waals surface area contributed by atoms with Crippen molar-refractivity contribution in [2.75, 3.05) is 11.9 Å². The van der Waals surface area contributed by atoms with Gasteiger partial charge in [-0.15, -0.1) is 0 Å². The molecule has 1 aliphatic carbocycles. The van der Waals surface area contributed by atoms with Gasteiger partial charge in [0.25, 0.3) is 0 Å². The van der Waals surface area contributed by atoms with Crippen molar-refractivity contribution in [1.82, 2.24) is 5.32 Å². The van der Waals surface area contributed by atoms with E-state index in [-0.39, 0.29) is 11.6 Å². The summed E-state index contributed by atoms with van der Waals surface area (Å²) >= 11 is 6.06. The highest BCUT2D eigenvalue weighted by molar-refractivity contribution is 6.30. The van der Waals surface area contributed by atoms with Gasteiger partial charge >= 0.3 is 5.97 Å². The number of nitrogens with one attached hydrogen (secondary N) is 2. The monoisotopic (exact) mass is 528 g/mol. The number of carbonyl (C=O) groups is 1. The van der Waals surface area contributed by atoms with Crippen LogP contribution in [0.4, 0.5) is 11.4 Å². The third-order valence-corrected chi connectivity index (χ3v) is 6.93. The summed E-state index contributed by atoms with van der Waals surface area (Å²) in [6, 6.07) is 28.0. The molecule has 194 valence electrons. The van der Waals surface area contributed by atoms with Gasteiger partial charge in [0, 0.05) is 35.1 Å². The van der Waals surface area contributed by atoms with Gasteiger partial charge in [-0.1, -0.05) is 48.0 Å². The predicted molar refractivity (Wildman–Crippen MR) is 150 cm³/mol. The molecule has 0 saturated carbocycles. The zero-order valence-corrected chi connectivity index (χ0v) is 21.5. The van der Waals surface area contributed by atoms with E-state index in [0.29, 0.717) is 28.8 Å². The van der Waals surface area contributed by atoms with Crippen molar-refractivity contribution in [3.05, 3.63) is 118 Å². The minimum atomic E-state index is -1.02. The van der Waals surface area contributed by atoms with Gasteiger partial charge in [0.2, 0.25) is 0 Å². The molecule has 0 bridgehead atoms. The maximum Gasteiger partial charge on any atom is 0.335 e. The Morgan fingerprint density at radius 2 is 1.76 bits per heavy atom. The molecule has 6 nitrogen and oxygen atoms in total. The summed E-state index contributed by atoms with van der Waals surface area (Å²) in [5.74, 6) is 0.0702. The number of rotatable bonds is 9. The average Bonchev–Trinajstić information content (AvgIpc) is 2.92. The summed E-state index contributed by atoms with van der Waals surface area (Å²) in [5.41, 5.74) is 4.88. The normalized spacial score (nSPS) is 15.4. The van der Waals surface area contributed by atoms with Gasteiger partial charge in [0.05, 0.1) is 11.7 Å². The second-order valence-electron chi connectivity index (χ2n) is 9.49. The number of aryl methyl sites for hydroxylation is 1. The number of para-hydroxylation sites is 1. The number of benzene rings is 4. The zero-order valence-electron chi connectivity index (χ0n) is 20.7. The average molecular weight is 529 g/mol. The molecule has 0 aliphatic heterocycles. The van der Waals surface area contributed by atoms with E-state index >= 15 is 0 Å². The van der Waals surface area contributed by atoms with Crippen LogP contribution >= 0.6 is 11.6 Å². The Morgan fingerprint density at radius 3 is 2.55 bits per heavy atom. The molecular formula is C31H29ClN2O4. The maximum absolute atomic E-state index is 11.7. The van der Waals surface area contributed by atoms with Gasteiger partial charge in [-0.3, -0.25) is 0 Å². The van der Waals surface area contributed by atoms with Crippen LogP contribution in [-0.2, 0) is 12.8 Å². The largest absolute Gasteiger partial charge is 0.478 e. The summed E-state index contributed by atoms with van der Waals surface area (Å²) < 4.78 is 6.14. The second kappa shape index (κ2) is 11.7. The van der Waals surface area contributed by atoms with Crippen molar-refractivity contribution in [3.8, 4) is 11.5 Å². The van der Waals surface area contributed by atoms with Crippen LogP contribution in [0.5, 0.6) is 11.5 Å². The fourth-order valence-corrected chi connectivity index (χ4v) is 4.96. The fourth-order valence-electron chi connectivity index (χ4n) is 4.76. The molecule has 0 heterocycles. The lowest BCUT2D eigenvalue weighted by atomic mass is 9.88. The number of carboxylic acids is 1. The Morgan fingerprint density at radius 1 is 0.921 bits per heavy atom. The highest BCUT2D eigenvalue weighted by atomic mass is 35.5. The van der Waals surface area contributed by atoms with Crippen molar-refractivity contribution < 1.29 is 19.7 Å². The molecule has 7 heteroatoms. The number of carboxylic acid groups (broad SMARTS) is 1. The summed E-state index contributed by atoms with van der Waals surface area (Å²) in [6.07, 6.45) is 2.08. The van der Waals surface area contributed by atoms with E-state index in [1.54, 1.807) is 24.3 Å². The topological polar surface area (TPSA) is 90.8 Å². The number of aliphatic hydroxyl groups excluding tert-OH is 1.